The number of benzene rings is 3. The molecule has 1 N–H and O–H groups in total. The van der Waals surface area contributed by atoms with E-state index in [0.717, 1.165) is 46.2 Å². The van der Waals surface area contributed by atoms with Crippen molar-refractivity contribution in [1.29, 1.82) is 0 Å². The van der Waals surface area contributed by atoms with Gasteiger partial charge in [0.1, 0.15) is 0 Å². The van der Waals surface area contributed by atoms with Crippen molar-refractivity contribution in [2.45, 2.75) is 70.8 Å². The largest absolute Gasteiger partial charge is 0.430 e. The van der Waals surface area contributed by atoms with Crippen LogP contribution >= 0.6 is 0 Å². The van der Waals surface area contributed by atoms with Crippen LogP contribution in [0.4, 0.5) is 26.3 Å². The minimum atomic E-state index is -5.91. The van der Waals surface area contributed by atoms with Crippen molar-refractivity contribution in [2.75, 3.05) is 0 Å². The quantitative estimate of drug-likeness (QED) is 0.300. The maximum absolute atomic E-state index is 13.1. The first-order valence-corrected chi connectivity index (χ1v) is 12.4. The third-order valence-corrected chi connectivity index (χ3v) is 7.51. The normalized spacial score (nSPS) is 13.4. The summed E-state index contributed by atoms with van der Waals surface area (Å²) >= 11 is 0. The van der Waals surface area contributed by atoms with Crippen LogP contribution in [0.3, 0.4) is 0 Å². The first-order valence-electron chi connectivity index (χ1n) is 12.4. The molecule has 0 saturated carbocycles. The smallest absolute Gasteiger partial charge is 0.370 e. The van der Waals surface area contributed by atoms with Gasteiger partial charge in [-0.15, -0.1) is 0 Å². The van der Waals surface area contributed by atoms with Gasteiger partial charge in [0.2, 0.25) is 0 Å². The van der Waals surface area contributed by atoms with Gasteiger partial charge in [-0.3, -0.25) is 0 Å². The molecule has 1 nitrogen and oxygen atoms in total. The molecule has 0 aromatic heterocycles. The lowest BCUT2D eigenvalue weighted by atomic mass is 9.69. The van der Waals surface area contributed by atoms with E-state index in [1.807, 2.05) is 19.1 Å². The van der Waals surface area contributed by atoms with Gasteiger partial charge in [0.25, 0.3) is 5.60 Å². The Kier molecular flexibility index (Phi) is 8.23. The van der Waals surface area contributed by atoms with E-state index in [1.165, 1.54) is 6.07 Å². The Hall–Kier alpha value is -3.06. The van der Waals surface area contributed by atoms with E-state index in [1.54, 1.807) is 19.1 Å². The summed E-state index contributed by atoms with van der Waals surface area (Å²) in [6.45, 7) is 9.84. The Balaban J connectivity index is 2.04. The van der Waals surface area contributed by atoms with E-state index in [2.05, 4.69) is 51.1 Å². The highest BCUT2D eigenvalue weighted by molar-refractivity contribution is 5.69. The van der Waals surface area contributed by atoms with Gasteiger partial charge in [0, 0.05) is 5.41 Å². The van der Waals surface area contributed by atoms with E-state index in [0.29, 0.717) is 11.6 Å². The molecule has 0 saturated heterocycles. The zero-order chi connectivity index (χ0) is 28.5. The molecule has 3 rings (SSSR count). The predicted octanol–water partition coefficient (Wildman–Crippen LogP) is 9.25. The molecular formula is C31H32F6O. The monoisotopic (exact) mass is 534 g/mol. The van der Waals surface area contributed by atoms with Crippen molar-refractivity contribution in [1.82, 2.24) is 0 Å². The van der Waals surface area contributed by atoms with Crippen LogP contribution in [0, 0.1) is 20.8 Å². The van der Waals surface area contributed by atoms with Gasteiger partial charge in [-0.05, 0) is 78.6 Å². The summed E-state index contributed by atoms with van der Waals surface area (Å²) in [6.07, 6.45) is -9.88. The average molecular weight is 535 g/mol. The lowest BCUT2D eigenvalue weighted by Gasteiger charge is -2.34. The van der Waals surface area contributed by atoms with Gasteiger partial charge < -0.3 is 5.11 Å². The Morgan fingerprint density at radius 3 is 1.74 bits per heavy atom. The maximum atomic E-state index is 13.1. The summed E-state index contributed by atoms with van der Waals surface area (Å²) in [5.41, 5.74) is 1.85. The first-order chi connectivity index (χ1) is 17.6. The summed E-state index contributed by atoms with van der Waals surface area (Å²) < 4.78 is 78.4. The summed E-state index contributed by atoms with van der Waals surface area (Å²) in [5, 5.41) is 9.45. The number of halogens is 6. The van der Waals surface area contributed by atoms with Crippen LogP contribution in [0.25, 0.3) is 17.2 Å². The summed E-state index contributed by atoms with van der Waals surface area (Å²) in [6, 6.07) is 19.6. The van der Waals surface area contributed by atoms with Crippen LogP contribution in [-0.4, -0.2) is 23.1 Å². The van der Waals surface area contributed by atoms with Crippen LogP contribution in [-0.2, 0) is 5.41 Å². The summed E-state index contributed by atoms with van der Waals surface area (Å²) in [5.74, 6) is 0. The molecule has 0 fully saturated rings. The van der Waals surface area contributed by atoms with Gasteiger partial charge >= 0.3 is 12.4 Å². The molecule has 204 valence electrons. The van der Waals surface area contributed by atoms with Crippen molar-refractivity contribution in [3.05, 3.63) is 100 Å². The first kappa shape index (κ1) is 29.5. The molecule has 3 aromatic rings. The predicted molar refractivity (Wildman–Crippen MR) is 140 cm³/mol. The van der Waals surface area contributed by atoms with E-state index in [9.17, 15) is 31.4 Å². The van der Waals surface area contributed by atoms with Crippen molar-refractivity contribution in [3.8, 4) is 11.1 Å². The van der Waals surface area contributed by atoms with Crippen LogP contribution in [0.15, 0.2) is 66.7 Å². The van der Waals surface area contributed by atoms with E-state index in [-0.39, 0.29) is 11.6 Å². The number of aliphatic hydroxyl groups is 1. The summed E-state index contributed by atoms with van der Waals surface area (Å²) in [7, 11) is 0. The Bertz CT molecular complexity index is 1300. The Morgan fingerprint density at radius 1 is 0.711 bits per heavy atom. The molecule has 0 heterocycles. The van der Waals surface area contributed by atoms with E-state index in [4.69, 9.17) is 0 Å². The van der Waals surface area contributed by atoms with Crippen LogP contribution in [0.5, 0.6) is 0 Å². The molecule has 0 amide bonds. The lowest BCUT2D eigenvalue weighted by Crippen LogP contribution is -2.55. The van der Waals surface area contributed by atoms with Crippen molar-refractivity contribution in [3.63, 3.8) is 0 Å². The Labute approximate surface area is 219 Å². The molecule has 0 atom stereocenters. The van der Waals surface area contributed by atoms with Gasteiger partial charge in [-0.1, -0.05) is 86.2 Å². The molecule has 0 radical (unpaired) electrons. The maximum Gasteiger partial charge on any atom is 0.430 e. The average Bonchev–Trinajstić information content (AvgIpc) is 2.83. The molecule has 0 aliphatic carbocycles. The lowest BCUT2D eigenvalue weighted by molar-refractivity contribution is -0.347. The molecule has 0 unspecified atom stereocenters. The van der Waals surface area contributed by atoms with Gasteiger partial charge in [0.15, 0.2) is 0 Å². The molecule has 0 bridgehead atoms. The van der Waals surface area contributed by atoms with Gasteiger partial charge in [0.05, 0.1) is 0 Å². The molecular weight excluding hydrogens is 502 g/mol. The highest BCUT2D eigenvalue weighted by Crippen LogP contribution is 2.45. The summed E-state index contributed by atoms with van der Waals surface area (Å²) in [4.78, 5) is 0. The molecule has 0 spiro atoms. The Morgan fingerprint density at radius 2 is 1.26 bits per heavy atom. The molecule has 0 aliphatic heterocycles. The molecule has 0 aliphatic rings. The fourth-order valence-electron chi connectivity index (χ4n) is 5.05. The van der Waals surface area contributed by atoms with Crippen molar-refractivity contribution < 1.29 is 31.4 Å². The zero-order valence-electron chi connectivity index (χ0n) is 22.1. The number of hydrogen-bond acceptors (Lipinski definition) is 1. The fourth-order valence-corrected chi connectivity index (χ4v) is 5.05. The molecule has 3 aromatic carbocycles. The van der Waals surface area contributed by atoms with Crippen LogP contribution in [0.2, 0.25) is 0 Å². The second-order valence-corrected chi connectivity index (χ2v) is 9.85. The number of alkyl halides is 6. The topological polar surface area (TPSA) is 20.2 Å². The standard InChI is InChI=1S/C31H32F6O/c1-6-28(7-2,26-13-14-27(22(5)19-26)24-10-8-9-20(3)17-24)25-12-11-23(21(4)18-25)15-16-29(38,30(32,33)34)31(35,36)37/h8-19,38H,6-7H2,1-5H3/b16-15+. The second kappa shape index (κ2) is 10.6. The number of hydrogen-bond donors (Lipinski definition) is 1. The number of aryl methyl sites for hydroxylation is 3. The van der Waals surface area contributed by atoms with Gasteiger partial charge in [-0.25, -0.2) is 0 Å². The third-order valence-electron chi connectivity index (χ3n) is 7.51. The second-order valence-electron chi connectivity index (χ2n) is 9.85. The van der Waals surface area contributed by atoms with Gasteiger partial charge in [-0.2, -0.15) is 26.3 Å². The van der Waals surface area contributed by atoms with E-state index >= 15 is 0 Å². The van der Waals surface area contributed by atoms with Crippen LogP contribution in [0.1, 0.15) is 60.1 Å². The van der Waals surface area contributed by atoms with Crippen molar-refractivity contribution in [2.24, 2.45) is 0 Å². The molecule has 7 heteroatoms. The SMILES string of the molecule is CCC(CC)(c1ccc(/C=C/C(O)(C(F)(F)F)C(F)(F)F)c(C)c1)c1ccc(-c2cccc(C)c2)c(C)c1. The van der Waals surface area contributed by atoms with E-state index < -0.39 is 23.4 Å². The number of rotatable bonds is 7. The zero-order valence-corrected chi connectivity index (χ0v) is 22.1. The highest BCUT2D eigenvalue weighted by Gasteiger charge is 2.68. The third kappa shape index (κ3) is 5.39. The highest BCUT2D eigenvalue weighted by atomic mass is 19.4. The fraction of sp³-hybridized carbons (Fsp3) is 0.355. The van der Waals surface area contributed by atoms with Crippen LogP contribution < -0.4 is 0 Å². The minimum absolute atomic E-state index is 0.160. The molecule has 38 heavy (non-hydrogen) atoms. The minimum Gasteiger partial charge on any atom is -0.370 e. The van der Waals surface area contributed by atoms with Crippen molar-refractivity contribution >= 4 is 6.08 Å².